The smallest absolute Gasteiger partial charge is 0.173 e. The summed E-state index contributed by atoms with van der Waals surface area (Å²) < 4.78 is 7.03. The molecule has 2 fully saturated rings. The largest absolute Gasteiger partial charge is 0.503 e. The Hall–Kier alpha value is -0.300. The van der Waals surface area contributed by atoms with Crippen molar-refractivity contribution in [3.8, 4) is 11.5 Å². The summed E-state index contributed by atoms with van der Waals surface area (Å²) >= 11 is 7.22. The van der Waals surface area contributed by atoms with E-state index in [4.69, 9.17) is 4.74 Å². The highest BCUT2D eigenvalue weighted by Crippen LogP contribution is 2.48. The zero-order valence-corrected chi connectivity index (χ0v) is 16.6. The fraction of sp³-hybridized carbons (Fsp3) is 0.647. The third kappa shape index (κ3) is 3.55. The van der Waals surface area contributed by atoms with Gasteiger partial charge in [0.05, 0.1) is 11.6 Å². The standard InChI is InChI=1S/C17H24Br2N2O2/c1-23-13-10-12(14(18)15(19)17(13)22)16(11-4-2-3-5-11)21-8-6-20-7-9-21/h10-11,16,20,22H,2-9H2,1H3/t16-/m1/s1. The van der Waals surface area contributed by atoms with Crippen molar-refractivity contribution in [2.75, 3.05) is 33.3 Å². The van der Waals surface area contributed by atoms with Gasteiger partial charge in [0.2, 0.25) is 0 Å². The number of rotatable bonds is 4. The molecule has 1 atom stereocenters. The molecule has 23 heavy (non-hydrogen) atoms. The number of hydrogen-bond donors (Lipinski definition) is 2. The molecule has 0 amide bonds. The second kappa shape index (κ2) is 7.72. The molecule has 3 rings (SSSR count). The Morgan fingerprint density at radius 1 is 1.22 bits per heavy atom. The van der Waals surface area contributed by atoms with Crippen molar-refractivity contribution in [3.05, 3.63) is 20.6 Å². The van der Waals surface area contributed by atoms with Gasteiger partial charge in [-0.3, -0.25) is 4.90 Å². The van der Waals surface area contributed by atoms with Crippen LogP contribution in [0.4, 0.5) is 0 Å². The molecule has 1 heterocycles. The number of methoxy groups -OCH3 is 1. The normalized spacial score (nSPS) is 21.5. The third-order valence-electron chi connectivity index (χ3n) is 5.10. The average Bonchev–Trinajstić information content (AvgIpc) is 3.10. The van der Waals surface area contributed by atoms with Crippen molar-refractivity contribution in [2.24, 2.45) is 5.92 Å². The number of phenols is 1. The molecule has 2 aliphatic rings. The van der Waals surface area contributed by atoms with Gasteiger partial charge < -0.3 is 15.2 Å². The molecule has 1 aliphatic carbocycles. The van der Waals surface area contributed by atoms with Crippen LogP contribution in [0.3, 0.4) is 0 Å². The number of nitrogens with zero attached hydrogens (tertiary/aromatic N) is 1. The van der Waals surface area contributed by atoms with Gasteiger partial charge in [-0.05, 0) is 62.2 Å². The van der Waals surface area contributed by atoms with Gasteiger partial charge in [0.25, 0.3) is 0 Å². The molecule has 2 N–H and O–H groups in total. The Morgan fingerprint density at radius 2 is 1.87 bits per heavy atom. The first-order valence-electron chi connectivity index (χ1n) is 8.33. The van der Waals surface area contributed by atoms with E-state index >= 15 is 0 Å². The topological polar surface area (TPSA) is 44.7 Å². The molecule has 0 aromatic heterocycles. The molecule has 1 saturated heterocycles. The van der Waals surface area contributed by atoms with Gasteiger partial charge in [-0.25, -0.2) is 0 Å². The van der Waals surface area contributed by atoms with Gasteiger partial charge in [-0.15, -0.1) is 0 Å². The van der Waals surface area contributed by atoms with E-state index < -0.39 is 0 Å². The molecule has 4 nitrogen and oxygen atoms in total. The fourth-order valence-electron chi connectivity index (χ4n) is 3.96. The molecule has 128 valence electrons. The number of benzene rings is 1. The van der Waals surface area contributed by atoms with E-state index in [9.17, 15) is 5.11 Å². The predicted molar refractivity (Wildman–Crippen MR) is 99.2 cm³/mol. The number of piperazine rings is 1. The molecule has 0 radical (unpaired) electrons. The van der Waals surface area contributed by atoms with Crippen LogP contribution in [-0.4, -0.2) is 43.3 Å². The van der Waals surface area contributed by atoms with Gasteiger partial charge in [0.1, 0.15) is 0 Å². The van der Waals surface area contributed by atoms with Crippen LogP contribution < -0.4 is 10.1 Å². The summed E-state index contributed by atoms with van der Waals surface area (Å²) in [6, 6.07) is 2.38. The number of aromatic hydroxyl groups is 1. The summed E-state index contributed by atoms with van der Waals surface area (Å²) in [5.41, 5.74) is 1.22. The highest BCUT2D eigenvalue weighted by Gasteiger charge is 2.34. The van der Waals surface area contributed by atoms with Crippen molar-refractivity contribution in [1.82, 2.24) is 10.2 Å². The average molecular weight is 448 g/mol. The first kappa shape index (κ1) is 17.5. The van der Waals surface area contributed by atoms with E-state index in [2.05, 4.69) is 42.1 Å². The molecular formula is C17H24Br2N2O2. The minimum absolute atomic E-state index is 0.161. The maximum atomic E-state index is 10.2. The van der Waals surface area contributed by atoms with Gasteiger partial charge in [-0.2, -0.15) is 0 Å². The Morgan fingerprint density at radius 3 is 2.48 bits per heavy atom. The molecule has 0 bridgehead atoms. The van der Waals surface area contributed by atoms with Gasteiger partial charge in [0.15, 0.2) is 11.5 Å². The minimum atomic E-state index is 0.161. The fourth-order valence-corrected chi connectivity index (χ4v) is 4.93. The number of ether oxygens (including phenoxy) is 1. The van der Waals surface area contributed by atoms with Gasteiger partial charge in [0, 0.05) is 36.7 Å². The van der Waals surface area contributed by atoms with Gasteiger partial charge >= 0.3 is 0 Å². The van der Waals surface area contributed by atoms with Crippen LogP contribution in [0.2, 0.25) is 0 Å². The van der Waals surface area contributed by atoms with E-state index in [0.29, 0.717) is 22.2 Å². The van der Waals surface area contributed by atoms with Crippen LogP contribution in [0.25, 0.3) is 0 Å². The first-order chi connectivity index (χ1) is 11.1. The lowest BCUT2D eigenvalue weighted by atomic mass is 9.89. The lowest BCUT2D eigenvalue weighted by molar-refractivity contribution is 0.124. The van der Waals surface area contributed by atoms with Crippen molar-refractivity contribution < 1.29 is 9.84 Å². The maximum Gasteiger partial charge on any atom is 0.173 e. The zero-order chi connectivity index (χ0) is 16.4. The Labute approximate surface area is 154 Å². The van der Waals surface area contributed by atoms with Crippen LogP contribution in [0.5, 0.6) is 11.5 Å². The second-order valence-corrected chi connectivity index (χ2v) is 8.01. The van der Waals surface area contributed by atoms with Crippen LogP contribution in [0, 0.1) is 5.92 Å². The molecule has 1 saturated carbocycles. The summed E-state index contributed by atoms with van der Waals surface area (Å²) in [7, 11) is 1.61. The summed E-state index contributed by atoms with van der Waals surface area (Å²) in [5.74, 6) is 1.37. The zero-order valence-electron chi connectivity index (χ0n) is 13.4. The predicted octanol–water partition coefficient (Wildman–Crippen LogP) is 4.06. The lowest BCUT2D eigenvalue weighted by Crippen LogP contribution is -2.46. The second-order valence-electron chi connectivity index (χ2n) is 6.42. The molecule has 1 aromatic rings. The van der Waals surface area contributed by atoms with Crippen LogP contribution in [-0.2, 0) is 0 Å². The quantitative estimate of drug-likeness (QED) is 0.730. The van der Waals surface area contributed by atoms with E-state index in [1.165, 1.54) is 31.2 Å². The number of nitrogens with one attached hydrogen (secondary N) is 1. The third-order valence-corrected chi connectivity index (χ3v) is 7.26. The summed E-state index contributed by atoms with van der Waals surface area (Å²) in [6.07, 6.45) is 5.20. The van der Waals surface area contributed by atoms with E-state index in [0.717, 1.165) is 30.7 Å². The molecular weight excluding hydrogens is 424 g/mol. The number of hydrogen-bond acceptors (Lipinski definition) is 4. The SMILES string of the molecule is COc1cc([C@@H](C2CCCC2)N2CCNCC2)c(Br)c(Br)c1O. The molecule has 1 aromatic carbocycles. The van der Waals surface area contributed by atoms with Gasteiger partial charge in [-0.1, -0.05) is 12.8 Å². The highest BCUT2D eigenvalue weighted by atomic mass is 79.9. The Balaban J connectivity index is 2.03. The molecule has 1 aliphatic heterocycles. The van der Waals surface area contributed by atoms with Crippen LogP contribution in [0.1, 0.15) is 37.3 Å². The molecule has 0 spiro atoms. The summed E-state index contributed by atoms with van der Waals surface area (Å²) in [4.78, 5) is 2.59. The molecule has 0 unspecified atom stereocenters. The highest BCUT2D eigenvalue weighted by molar-refractivity contribution is 9.13. The number of phenolic OH excluding ortho intramolecular Hbond substituents is 1. The number of halogens is 2. The monoisotopic (exact) mass is 446 g/mol. The Bertz CT molecular complexity index is 556. The van der Waals surface area contributed by atoms with Crippen LogP contribution >= 0.6 is 31.9 Å². The van der Waals surface area contributed by atoms with E-state index in [1.54, 1.807) is 7.11 Å². The van der Waals surface area contributed by atoms with Crippen molar-refractivity contribution in [3.63, 3.8) is 0 Å². The van der Waals surface area contributed by atoms with Crippen molar-refractivity contribution in [2.45, 2.75) is 31.7 Å². The summed E-state index contributed by atoms with van der Waals surface area (Å²) in [6.45, 7) is 4.21. The minimum Gasteiger partial charge on any atom is -0.503 e. The van der Waals surface area contributed by atoms with Crippen LogP contribution in [0.15, 0.2) is 15.0 Å². The first-order valence-corrected chi connectivity index (χ1v) is 9.91. The Kier molecular flexibility index (Phi) is 5.88. The van der Waals surface area contributed by atoms with Crippen molar-refractivity contribution in [1.29, 1.82) is 0 Å². The molecule has 6 heteroatoms. The summed E-state index contributed by atoms with van der Waals surface area (Å²) in [5, 5.41) is 13.7. The van der Waals surface area contributed by atoms with E-state index in [1.807, 2.05) is 6.07 Å². The van der Waals surface area contributed by atoms with Crippen molar-refractivity contribution >= 4 is 31.9 Å². The maximum absolute atomic E-state index is 10.2. The lowest BCUT2D eigenvalue weighted by Gasteiger charge is -2.39. The van der Waals surface area contributed by atoms with E-state index in [-0.39, 0.29) is 5.75 Å².